The quantitative estimate of drug-likeness (QED) is 0.743. The van der Waals surface area contributed by atoms with Gasteiger partial charge in [0.1, 0.15) is 18.1 Å². The lowest BCUT2D eigenvalue weighted by Gasteiger charge is -2.41. The van der Waals surface area contributed by atoms with Gasteiger partial charge in [-0.15, -0.1) is 0 Å². The molecule has 3 aliphatic heterocycles. The first-order valence-corrected chi connectivity index (χ1v) is 11.6. The molecule has 5 rings (SSSR count). The molecule has 0 unspecified atom stereocenters. The zero-order valence-corrected chi connectivity index (χ0v) is 19.1. The van der Waals surface area contributed by atoms with E-state index in [4.69, 9.17) is 14.0 Å². The number of nitrogens with one attached hydrogen (secondary N) is 1. The third kappa shape index (κ3) is 4.47. The third-order valence-corrected chi connectivity index (χ3v) is 6.84. The fourth-order valence-corrected chi connectivity index (χ4v) is 5.03. The van der Waals surface area contributed by atoms with Crippen molar-refractivity contribution in [3.63, 3.8) is 0 Å². The summed E-state index contributed by atoms with van der Waals surface area (Å²) in [4.78, 5) is 30.0. The van der Waals surface area contributed by atoms with E-state index in [1.165, 1.54) is 0 Å². The van der Waals surface area contributed by atoms with Crippen LogP contribution in [-0.2, 0) is 14.3 Å². The number of hydrogen-bond acceptors (Lipinski definition) is 7. The molecule has 4 heterocycles. The van der Waals surface area contributed by atoms with Crippen LogP contribution in [0.2, 0.25) is 0 Å². The van der Waals surface area contributed by atoms with E-state index in [2.05, 4.69) is 15.4 Å². The minimum atomic E-state index is -0.0909. The number of nitrogens with zero attached hydrogens (tertiary/aromatic N) is 3. The zero-order valence-electron chi connectivity index (χ0n) is 19.1. The summed E-state index contributed by atoms with van der Waals surface area (Å²) in [5, 5.41) is 7.04. The van der Waals surface area contributed by atoms with Gasteiger partial charge in [0.2, 0.25) is 11.8 Å². The second-order valence-electron chi connectivity index (χ2n) is 9.06. The SMILES string of the molecule is Cc1noc(C)c1-c1ccc2c(c1)NC(=O)CN1CCN(C(=O)C3CCOCC3)C[C@@H]1CO2. The third-order valence-electron chi connectivity index (χ3n) is 6.84. The molecule has 0 radical (unpaired) electrons. The predicted molar refractivity (Wildman–Crippen MR) is 121 cm³/mol. The van der Waals surface area contributed by atoms with Gasteiger partial charge in [0.15, 0.2) is 0 Å². The van der Waals surface area contributed by atoms with Gasteiger partial charge in [-0.05, 0) is 44.4 Å². The number of hydrogen-bond donors (Lipinski definition) is 1. The maximum Gasteiger partial charge on any atom is 0.238 e. The second-order valence-corrected chi connectivity index (χ2v) is 9.06. The molecule has 9 heteroatoms. The number of fused-ring (bicyclic) bond motifs is 2. The fourth-order valence-electron chi connectivity index (χ4n) is 5.03. The van der Waals surface area contributed by atoms with Gasteiger partial charge in [-0.25, -0.2) is 0 Å². The van der Waals surface area contributed by atoms with Crippen LogP contribution in [0.4, 0.5) is 5.69 Å². The van der Waals surface area contributed by atoms with E-state index in [1.54, 1.807) is 0 Å². The summed E-state index contributed by atoms with van der Waals surface area (Å²) >= 11 is 0. The number of anilines is 1. The van der Waals surface area contributed by atoms with Crippen molar-refractivity contribution >= 4 is 17.5 Å². The number of aryl methyl sites for hydroxylation is 2. The highest BCUT2D eigenvalue weighted by molar-refractivity contribution is 5.95. The monoisotopic (exact) mass is 454 g/mol. The van der Waals surface area contributed by atoms with Gasteiger partial charge >= 0.3 is 0 Å². The van der Waals surface area contributed by atoms with Gasteiger partial charge in [-0.3, -0.25) is 14.5 Å². The highest BCUT2D eigenvalue weighted by Crippen LogP contribution is 2.34. The van der Waals surface area contributed by atoms with E-state index in [0.717, 1.165) is 35.4 Å². The number of carbonyl (C=O) groups excluding carboxylic acids is 2. The van der Waals surface area contributed by atoms with Crippen LogP contribution in [0.5, 0.6) is 5.75 Å². The van der Waals surface area contributed by atoms with Gasteiger partial charge in [-0.2, -0.15) is 0 Å². The number of amides is 2. The maximum atomic E-state index is 13.0. The predicted octanol–water partition coefficient (Wildman–Crippen LogP) is 2.23. The smallest absolute Gasteiger partial charge is 0.238 e. The molecular formula is C24H30N4O5. The Hall–Kier alpha value is -2.91. The lowest BCUT2D eigenvalue weighted by Crippen LogP contribution is -2.58. The molecule has 2 fully saturated rings. The van der Waals surface area contributed by atoms with Gasteiger partial charge in [-0.1, -0.05) is 11.2 Å². The number of ether oxygens (including phenoxy) is 2. The molecule has 2 aromatic rings. The van der Waals surface area contributed by atoms with Crippen LogP contribution in [0, 0.1) is 19.8 Å². The molecular weight excluding hydrogens is 424 g/mol. The molecule has 3 aliphatic rings. The number of benzene rings is 1. The van der Waals surface area contributed by atoms with Crippen molar-refractivity contribution in [1.82, 2.24) is 15.0 Å². The normalized spacial score (nSPS) is 22.3. The standard InChI is InChI=1S/C24H30N4O5/c1-15-23(16(2)33-26-15)18-3-4-21-20(11-18)25-22(29)13-27-7-8-28(12-19(27)14-32-21)24(30)17-5-9-31-10-6-17/h3-4,11,17,19H,5-10,12-14H2,1-2H3,(H,25,29)/t19-/m1/s1. The first-order valence-electron chi connectivity index (χ1n) is 11.6. The van der Waals surface area contributed by atoms with Crippen LogP contribution in [0.15, 0.2) is 22.7 Å². The van der Waals surface area contributed by atoms with E-state index in [-0.39, 0.29) is 30.3 Å². The van der Waals surface area contributed by atoms with Crippen LogP contribution in [0.3, 0.4) is 0 Å². The first-order chi connectivity index (χ1) is 16.0. The molecule has 0 bridgehead atoms. The first kappa shape index (κ1) is 21.9. The van der Waals surface area contributed by atoms with E-state index in [0.29, 0.717) is 50.9 Å². The average molecular weight is 455 g/mol. The van der Waals surface area contributed by atoms with Crippen molar-refractivity contribution in [2.45, 2.75) is 32.7 Å². The topological polar surface area (TPSA) is 97.1 Å². The Morgan fingerprint density at radius 2 is 2.00 bits per heavy atom. The van der Waals surface area contributed by atoms with Crippen LogP contribution in [0.1, 0.15) is 24.3 Å². The molecule has 2 saturated heterocycles. The molecule has 1 atom stereocenters. The molecule has 1 aromatic carbocycles. The molecule has 1 N–H and O–H groups in total. The van der Waals surface area contributed by atoms with Gasteiger partial charge < -0.3 is 24.2 Å². The van der Waals surface area contributed by atoms with Crippen LogP contribution in [0.25, 0.3) is 11.1 Å². The van der Waals surface area contributed by atoms with Gasteiger partial charge in [0.25, 0.3) is 0 Å². The summed E-state index contributed by atoms with van der Waals surface area (Å²) in [6.45, 7) is 7.58. The van der Waals surface area contributed by atoms with E-state index >= 15 is 0 Å². The zero-order chi connectivity index (χ0) is 22.9. The van der Waals surface area contributed by atoms with E-state index in [1.807, 2.05) is 36.9 Å². The Labute approximate surface area is 193 Å². The molecule has 0 aliphatic carbocycles. The summed E-state index contributed by atoms with van der Waals surface area (Å²) in [7, 11) is 0. The highest BCUT2D eigenvalue weighted by Gasteiger charge is 2.35. The number of piperazine rings is 1. The minimum absolute atomic E-state index is 0.0364. The summed E-state index contributed by atoms with van der Waals surface area (Å²) < 4.78 is 16.9. The van der Waals surface area contributed by atoms with E-state index < -0.39 is 0 Å². The van der Waals surface area contributed by atoms with Crippen molar-refractivity contribution < 1.29 is 23.6 Å². The molecule has 0 spiro atoms. The van der Waals surface area contributed by atoms with Crippen molar-refractivity contribution in [2.75, 3.05) is 51.3 Å². The molecule has 33 heavy (non-hydrogen) atoms. The minimum Gasteiger partial charge on any atom is -0.490 e. The number of rotatable bonds is 2. The highest BCUT2D eigenvalue weighted by atomic mass is 16.5. The summed E-state index contributed by atoms with van der Waals surface area (Å²) in [6.07, 6.45) is 1.56. The summed E-state index contributed by atoms with van der Waals surface area (Å²) in [5.74, 6) is 1.50. The summed E-state index contributed by atoms with van der Waals surface area (Å²) in [5.41, 5.74) is 3.27. The fraction of sp³-hybridized carbons (Fsp3) is 0.542. The lowest BCUT2D eigenvalue weighted by atomic mass is 9.97. The van der Waals surface area contributed by atoms with Gasteiger partial charge in [0, 0.05) is 44.3 Å². The Balaban J connectivity index is 1.34. The Kier molecular flexibility index (Phi) is 6.07. The lowest BCUT2D eigenvalue weighted by molar-refractivity contribution is -0.142. The summed E-state index contributed by atoms with van der Waals surface area (Å²) in [6, 6.07) is 5.70. The van der Waals surface area contributed by atoms with E-state index in [9.17, 15) is 9.59 Å². The molecule has 9 nitrogen and oxygen atoms in total. The van der Waals surface area contributed by atoms with Crippen LogP contribution in [-0.4, -0.2) is 78.8 Å². The Morgan fingerprint density at radius 3 is 2.76 bits per heavy atom. The van der Waals surface area contributed by atoms with Crippen LogP contribution < -0.4 is 10.1 Å². The van der Waals surface area contributed by atoms with Crippen molar-refractivity contribution in [2.24, 2.45) is 5.92 Å². The molecule has 1 aromatic heterocycles. The number of aromatic nitrogens is 1. The van der Waals surface area contributed by atoms with Crippen molar-refractivity contribution in [3.8, 4) is 16.9 Å². The second kappa shape index (κ2) is 9.15. The van der Waals surface area contributed by atoms with Crippen molar-refractivity contribution in [1.29, 1.82) is 0 Å². The molecule has 2 amide bonds. The van der Waals surface area contributed by atoms with Crippen LogP contribution >= 0.6 is 0 Å². The van der Waals surface area contributed by atoms with Crippen molar-refractivity contribution in [3.05, 3.63) is 29.7 Å². The van der Waals surface area contributed by atoms with Gasteiger partial charge in [0.05, 0.1) is 24.0 Å². The largest absolute Gasteiger partial charge is 0.490 e. The molecule has 0 saturated carbocycles. The Bertz CT molecular complexity index is 1030. The average Bonchev–Trinajstić information content (AvgIpc) is 3.19. The molecule has 176 valence electrons. The number of carbonyl (C=O) groups is 2. The Morgan fingerprint density at radius 1 is 1.18 bits per heavy atom. The maximum absolute atomic E-state index is 13.0.